The molecule has 1 atom stereocenters. The van der Waals surface area contributed by atoms with Gasteiger partial charge in [-0.2, -0.15) is 0 Å². The number of hydrogen-bond acceptors (Lipinski definition) is 4. The number of halogens is 1. The highest BCUT2D eigenvalue weighted by Gasteiger charge is 2.33. The monoisotopic (exact) mass is 468 g/mol. The molecule has 2 aliphatic rings. The fourth-order valence-corrected chi connectivity index (χ4v) is 5.39. The van der Waals surface area contributed by atoms with Crippen LogP contribution in [0.3, 0.4) is 0 Å². The fraction of sp³-hybridized carbons (Fsp3) is 0.267. The minimum absolute atomic E-state index is 0.209. The minimum Gasteiger partial charge on any atom is -0.466 e. The Hall–Kier alpha value is -3.73. The summed E-state index contributed by atoms with van der Waals surface area (Å²) in [5.41, 5.74) is 8.18. The molecule has 35 heavy (non-hydrogen) atoms. The molecule has 0 radical (unpaired) electrons. The topological polar surface area (TPSA) is 42.4 Å². The van der Waals surface area contributed by atoms with Crippen LogP contribution in [-0.4, -0.2) is 29.5 Å². The van der Waals surface area contributed by atoms with Gasteiger partial charge < -0.3 is 9.64 Å². The summed E-state index contributed by atoms with van der Waals surface area (Å²) in [6.45, 7) is 3.95. The van der Waals surface area contributed by atoms with Gasteiger partial charge in [-0.05, 0) is 71.7 Å². The van der Waals surface area contributed by atoms with Crippen LogP contribution in [0.1, 0.15) is 42.0 Å². The van der Waals surface area contributed by atoms with Crippen LogP contribution >= 0.6 is 0 Å². The van der Waals surface area contributed by atoms with Gasteiger partial charge in [0.25, 0.3) is 0 Å². The molecule has 0 saturated carbocycles. The number of aromatic nitrogens is 1. The first-order valence-electron chi connectivity index (χ1n) is 12.1. The van der Waals surface area contributed by atoms with Crippen LogP contribution < -0.4 is 0 Å². The summed E-state index contributed by atoms with van der Waals surface area (Å²) >= 11 is 0. The number of benzene rings is 2. The maximum atomic E-state index is 13.9. The smallest absolute Gasteiger partial charge is 0.334 e. The van der Waals surface area contributed by atoms with Crippen molar-refractivity contribution in [3.63, 3.8) is 0 Å². The third kappa shape index (κ3) is 4.51. The lowest BCUT2D eigenvalue weighted by atomic mass is 9.86. The summed E-state index contributed by atoms with van der Waals surface area (Å²) in [6.07, 6.45) is 5.93. The quantitative estimate of drug-likeness (QED) is 0.438. The number of esters is 1. The Morgan fingerprint density at radius 3 is 2.34 bits per heavy atom. The van der Waals surface area contributed by atoms with Gasteiger partial charge >= 0.3 is 5.97 Å². The van der Waals surface area contributed by atoms with Gasteiger partial charge in [-0.1, -0.05) is 43.3 Å². The van der Waals surface area contributed by atoms with Crippen LogP contribution in [0.2, 0.25) is 0 Å². The summed E-state index contributed by atoms with van der Waals surface area (Å²) < 4.78 is 19.2. The van der Waals surface area contributed by atoms with Crippen LogP contribution in [0.15, 0.2) is 84.3 Å². The molecule has 3 aromatic rings. The molecule has 4 nitrogen and oxygen atoms in total. The predicted molar refractivity (Wildman–Crippen MR) is 135 cm³/mol. The van der Waals surface area contributed by atoms with Crippen molar-refractivity contribution in [3.8, 4) is 0 Å². The zero-order chi connectivity index (χ0) is 24.4. The Labute approximate surface area is 205 Å². The Morgan fingerprint density at radius 2 is 1.63 bits per heavy atom. The van der Waals surface area contributed by atoms with E-state index in [1.54, 1.807) is 24.5 Å². The minimum atomic E-state index is -0.340. The summed E-state index contributed by atoms with van der Waals surface area (Å²) in [6, 6.07) is 19.0. The zero-order valence-electron chi connectivity index (χ0n) is 20.1. The molecule has 0 N–H and O–H groups in total. The maximum Gasteiger partial charge on any atom is 0.334 e. The van der Waals surface area contributed by atoms with Gasteiger partial charge in [-0.3, -0.25) is 4.98 Å². The van der Waals surface area contributed by atoms with Crippen LogP contribution in [0.4, 0.5) is 4.39 Å². The van der Waals surface area contributed by atoms with E-state index in [1.165, 1.54) is 36.1 Å². The summed E-state index contributed by atoms with van der Waals surface area (Å²) in [7, 11) is 1.42. The van der Waals surface area contributed by atoms with E-state index in [9.17, 15) is 9.18 Å². The Morgan fingerprint density at radius 1 is 0.943 bits per heavy atom. The standard InChI is InChI=1S/C30H29FN2O2/c1-20-7-12-26(30(34)35-2)27(22-8-10-25(31)11-9-22)28(23-13-16-32-17-14-23)29(20)33-18-15-21-5-3-4-6-24(21)19-33/h3-6,8-11,13-14,16-17,20H,7,12,15,18-19H2,1-2H3. The lowest BCUT2D eigenvalue weighted by Crippen LogP contribution is -2.33. The van der Waals surface area contributed by atoms with Crippen molar-refractivity contribution in [2.75, 3.05) is 13.7 Å². The average Bonchev–Trinajstić information content (AvgIpc) is 3.05. The zero-order valence-corrected chi connectivity index (χ0v) is 20.1. The van der Waals surface area contributed by atoms with E-state index in [-0.39, 0.29) is 17.7 Å². The molecule has 1 unspecified atom stereocenters. The van der Waals surface area contributed by atoms with Gasteiger partial charge in [0.05, 0.1) is 7.11 Å². The molecule has 0 bridgehead atoms. The molecule has 1 aromatic heterocycles. The second-order valence-corrected chi connectivity index (χ2v) is 9.23. The number of fused-ring (bicyclic) bond motifs is 1. The number of allylic oxidation sites excluding steroid dienone is 3. The lowest BCUT2D eigenvalue weighted by molar-refractivity contribution is -0.136. The van der Waals surface area contributed by atoms with Crippen LogP contribution in [0.5, 0.6) is 0 Å². The van der Waals surface area contributed by atoms with Crippen LogP contribution in [0, 0.1) is 11.7 Å². The van der Waals surface area contributed by atoms with E-state index in [2.05, 4.69) is 41.1 Å². The molecule has 1 aliphatic heterocycles. The average molecular weight is 469 g/mol. The number of carbonyl (C=O) groups is 1. The molecule has 0 fully saturated rings. The predicted octanol–water partition coefficient (Wildman–Crippen LogP) is 6.05. The van der Waals surface area contributed by atoms with E-state index in [0.717, 1.165) is 48.2 Å². The first kappa shape index (κ1) is 23.0. The summed E-state index contributed by atoms with van der Waals surface area (Å²) in [5, 5.41) is 0. The highest BCUT2D eigenvalue weighted by molar-refractivity contribution is 6.15. The Balaban J connectivity index is 1.79. The molecular formula is C30H29FN2O2. The van der Waals surface area contributed by atoms with Crippen LogP contribution in [0.25, 0.3) is 11.1 Å². The molecule has 0 spiro atoms. The second-order valence-electron chi connectivity index (χ2n) is 9.23. The van der Waals surface area contributed by atoms with Gasteiger partial charge in [0.1, 0.15) is 5.82 Å². The molecule has 5 heteroatoms. The molecule has 1 aliphatic carbocycles. The molecule has 178 valence electrons. The van der Waals surface area contributed by atoms with Crippen molar-refractivity contribution in [1.82, 2.24) is 9.88 Å². The Bertz CT molecular complexity index is 1300. The normalized spacial score (nSPS) is 18.3. The van der Waals surface area contributed by atoms with E-state index in [1.807, 2.05) is 12.1 Å². The first-order valence-corrected chi connectivity index (χ1v) is 12.1. The van der Waals surface area contributed by atoms with Gasteiger partial charge in [0.15, 0.2) is 0 Å². The second kappa shape index (κ2) is 9.87. The number of rotatable bonds is 4. The van der Waals surface area contributed by atoms with Gasteiger partial charge in [0.2, 0.25) is 0 Å². The van der Waals surface area contributed by atoms with Crippen molar-refractivity contribution in [2.45, 2.75) is 32.7 Å². The number of ether oxygens (including phenoxy) is 1. The molecule has 0 amide bonds. The first-order chi connectivity index (χ1) is 17.1. The Kier molecular flexibility index (Phi) is 6.49. The number of hydrogen-bond donors (Lipinski definition) is 0. The summed E-state index contributed by atoms with van der Waals surface area (Å²) in [5.74, 6) is -0.437. The maximum absolute atomic E-state index is 13.9. The number of nitrogens with zero attached hydrogens (tertiary/aromatic N) is 2. The van der Waals surface area contributed by atoms with Crippen LogP contribution in [-0.2, 0) is 22.5 Å². The molecule has 2 aromatic carbocycles. The van der Waals surface area contributed by atoms with Gasteiger partial charge in [0, 0.05) is 47.9 Å². The summed E-state index contributed by atoms with van der Waals surface area (Å²) in [4.78, 5) is 19.8. The van der Waals surface area contributed by atoms with E-state index >= 15 is 0 Å². The lowest BCUT2D eigenvalue weighted by Gasteiger charge is -2.37. The van der Waals surface area contributed by atoms with Crippen molar-refractivity contribution >= 4 is 17.1 Å². The third-order valence-corrected chi connectivity index (χ3v) is 7.11. The SMILES string of the molecule is COC(=O)C1=C(c2ccc(F)cc2)C(c2ccncc2)=C(N2CCc3ccccc3C2)C(C)CC1. The van der Waals surface area contributed by atoms with E-state index in [0.29, 0.717) is 12.0 Å². The number of methoxy groups -OCH3 is 1. The fourth-order valence-electron chi connectivity index (χ4n) is 5.39. The third-order valence-electron chi connectivity index (χ3n) is 7.11. The van der Waals surface area contributed by atoms with Gasteiger partial charge in [-0.15, -0.1) is 0 Å². The van der Waals surface area contributed by atoms with E-state index < -0.39 is 0 Å². The molecule has 2 heterocycles. The van der Waals surface area contributed by atoms with Crippen molar-refractivity contribution in [3.05, 3.63) is 112 Å². The largest absolute Gasteiger partial charge is 0.466 e. The highest BCUT2D eigenvalue weighted by Crippen LogP contribution is 2.45. The van der Waals surface area contributed by atoms with E-state index in [4.69, 9.17) is 4.74 Å². The molecule has 5 rings (SSSR count). The number of pyridine rings is 1. The van der Waals surface area contributed by atoms with Gasteiger partial charge in [-0.25, -0.2) is 9.18 Å². The van der Waals surface area contributed by atoms with Crippen molar-refractivity contribution in [2.24, 2.45) is 5.92 Å². The van der Waals surface area contributed by atoms with Crippen molar-refractivity contribution < 1.29 is 13.9 Å². The molecule has 0 saturated heterocycles. The van der Waals surface area contributed by atoms with Crippen molar-refractivity contribution in [1.29, 1.82) is 0 Å². The molecular weight excluding hydrogens is 439 g/mol. The number of carbonyl (C=O) groups excluding carboxylic acids is 1. The highest BCUT2D eigenvalue weighted by atomic mass is 19.1.